The number of rotatable bonds is 0. The minimum Gasteiger partial charge on any atom is -0.244 e. The van der Waals surface area contributed by atoms with Crippen LogP contribution in [0.4, 0.5) is 0 Å². The van der Waals surface area contributed by atoms with E-state index >= 15 is 0 Å². The summed E-state index contributed by atoms with van der Waals surface area (Å²) in [4.78, 5) is 4.02. The molecule has 13 heavy (non-hydrogen) atoms. The first-order chi connectivity index (χ1) is 6.18. The van der Waals surface area contributed by atoms with Gasteiger partial charge in [-0.05, 0) is 36.1 Å². The molecule has 0 radical (unpaired) electrons. The van der Waals surface area contributed by atoms with Crippen LogP contribution in [0.25, 0.3) is 10.8 Å². The molecule has 1 heterocycles. The lowest BCUT2D eigenvalue weighted by atomic mass is 10.1. The zero-order valence-electron chi connectivity index (χ0n) is 7.01. The number of aromatic nitrogens is 1. The Morgan fingerprint density at radius 3 is 2.77 bits per heavy atom. The Morgan fingerprint density at radius 1 is 1.23 bits per heavy atom. The molecule has 0 aliphatic heterocycles. The molecule has 0 bridgehead atoms. The van der Waals surface area contributed by atoms with E-state index < -0.39 is 0 Å². The summed E-state index contributed by atoms with van der Waals surface area (Å²) in [7, 11) is 0. The maximum absolute atomic E-state index is 5.96. The highest BCUT2D eigenvalue weighted by Gasteiger charge is 2.03. The van der Waals surface area contributed by atoms with Crippen LogP contribution in [-0.2, 0) is 0 Å². The monoisotopic (exact) mass is 211 g/mol. The van der Waals surface area contributed by atoms with Gasteiger partial charge >= 0.3 is 0 Å². The smallest absolute Gasteiger partial charge is 0.137 e. The van der Waals surface area contributed by atoms with E-state index in [1.165, 1.54) is 0 Å². The molecular weight excluding hydrogens is 205 g/mol. The van der Waals surface area contributed by atoms with Crippen molar-refractivity contribution in [1.29, 1.82) is 0 Å². The zero-order chi connectivity index (χ0) is 9.42. The lowest BCUT2D eigenvalue weighted by Gasteiger charge is -2.03. The van der Waals surface area contributed by atoms with Gasteiger partial charge in [-0.2, -0.15) is 0 Å². The number of hydrogen-bond donors (Lipinski definition) is 0. The van der Waals surface area contributed by atoms with Gasteiger partial charge in [0.25, 0.3) is 0 Å². The molecule has 0 N–H and O–H groups in total. The molecule has 1 aromatic carbocycles. The number of benzene rings is 1. The summed E-state index contributed by atoms with van der Waals surface area (Å²) < 4.78 is 0. The fourth-order valence-corrected chi connectivity index (χ4v) is 2.03. The number of halogens is 2. The van der Waals surface area contributed by atoms with Gasteiger partial charge in [-0.25, -0.2) is 4.98 Å². The third-order valence-electron chi connectivity index (χ3n) is 1.98. The van der Waals surface area contributed by atoms with Crippen molar-refractivity contribution in [3.63, 3.8) is 0 Å². The van der Waals surface area contributed by atoms with Crippen LogP contribution in [0.3, 0.4) is 0 Å². The summed E-state index contributed by atoms with van der Waals surface area (Å²) >= 11 is 11.9. The fourth-order valence-electron chi connectivity index (χ4n) is 1.43. The molecule has 0 aliphatic rings. The normalized spacial score (nSPS) is 10.7. The molecule has 1 nitrogen and oxygen atoms in total. The Kier molecular flexibility index (Phi) is 2.14. The number of pyridine rings is 1. The second-order valence-electron chi connectivity index (χ2n) is 2.92. The van der Waals surface area contributed by atoms with Crippen LogP contribution in [0.2, 0.25) is 10.2 Å². The molecule has 3 heteroatoms. The molecule has 0 spiro atoms. The standard InChI is InChI=1S/C10H7Cl2N/c1-6-4-8(11)5-7-2-3-13-10(12)9(6)7/h2-5H,1H3. The third-order valence-corrected chi connectivity index (χ3v) is 2.48. The molecule has 0 unspecified atom stereocenters. The maximum atomic E-state index is 5.96. The van der Waals surface area contributed by atoms with E-state index in [9.17, 15) is 0 Å². The number of hydrogen-bond acceptors (Lipinski definition) is 1. The van der Waals surface area contributed by atoms with Gasteiger partial charge in [0.05, 0.1) is 0 Å². The van der Waals surface area contributed by atoms with Gasteiger partial charge in [0, 0.05) is 16.6 Å². The predicted octanol–water partition coefficient (Wildman–Crippen LogP) is 3.85. The highest BCUT2D eigenvalue weighted by atomic mass is 35.5. The van der Waals surface area contributed by atoms with Gasteiger partial charge in [0.15, 0.2) is 0 Å². The quantitative estimate of drug-likeness (QED) is 0.604. The van der Waals surface area contributed by atoms with Crippen LogP contribution in [0, 0.1) is 6.92 Å². The van der Waals surface area contributed by atoms with Gasteiger partial charge in [-0.3, -0.25) is 0 Å². The van der Waals surface area contributed by atoms with Crippen molar-refractivity contribution < 1.29 is 0 Å². The molecule has 0 amide bonds. The zero-order valence-corrected chi connectivity index (χ0v) is 8.52. The SMILES string of the molecule is Cc1cc(Cl)cc2ccnc(Cl)c12. The molecule has 0 saturated carbocycles. The molecule has 0 fully saturated rings. The van der Waals surface area contributed by atoms with E-state index in [0.717, 1.165) is 21.4 Å². The van der Waals surface area contributed by atoms with Crippen LogP contribution in [-0.4, -0.2) is 4.98 Å². The van der Waals surface area contributed by atoms with Crippen LogP contribution in [0.15, 0.2) is 24.4 Å². The first-order valence-corrected chi connectivity index (χ1v) is 4.64. The average molecular weight is 212 g/mol. The van der Waals surface area contributed by atoms with E-state index in [0.29, 0.717) is 5.15 Å². The van der Waals surface area contributed by atoms with Crippen LogP contribution >= 0.6 is 23.2 Å². The highest BCUT2D eigenvalue weighted by molar-refractivity contribution is 6.35. The van der Waals surface area contributed by atoms with Crippen LogP contribution in [0.1, 0.15) is 5.56 Å². The molecule has 1 aromatic heterocycles. The average Bonchev–Trinajstić information content (AvgIpc) is 2.02. The highest BCUT2D eigenvalue weighted by Crippen LogP contribution is 2.27. The van der Waals surface area contributed by atoms with Gasteiger partial charge < -0.3 is 0 Å². The molecule has 2 rings (SSSR count). The fraction of sp³-hybridized carbons (Fsp3) is 0.100. The van der Waals surface area contributed by atoms with Gasteiger partial charge in [0.1, 0.15) is 5.15 Å². The van der Waals surface area contributed by atoms with E-state index in [1.807, 2.05) is 25.1 Å². The Labute approximate surface area is 86.3 Å². The van der Waals surface area contributed by atoms with Crippen molar-refractivity contribution >= 4 is 34.0 Å². The lowest BCUT2D eigenvalue weighted by molar-refractivity contribution is 1.35. The molecule has 0 saturated heterocycles. The first kappa shape index (κ1) is 8.79. The Morgan fingerprint density at radius 2 is 2.00 bits per heavy atom. The maximum Gasteiger partial charge on any atom is 0.137 e. The third kappa shape index (κ3) is 1.50. The Balaban J connectivity index is 2.94. The topological polar surface area (TPSA) is 12.9 Å². The summed E-state index contributed by atoms with van der Waals surface area (Å²) in [5, 5.41) is 3.28. The second kappa shape index (κ2) is 3.17. The van der Waals surface area contributed by atoms with E-state index in [1.54, 1.807) is 6.20 Å². The summed E-state index contributed by atoms with van der Waals surface area (Å²) in [5.74, 6) is 0. The summed E-state index contributed by atoms with van der Waals surface area (Å²) in [6, 6.07) is 5.68. The number of aryl methyl sites for hydroxylation is 1. The summed E-state index contributed by atoms with van der Waals surface area (Å²) in [6.45, 7) is 1.97. The van der Waals surface area contributed by atoms with E-state index in [2.05, 4.69) is 4.98 Å². The number of fused-ring (bicyclic) bond motifs is 1. The van der Waals surface area contributed by atoms with Crippen molar-refractivity contribution in [2.45, 2.75) is 6.92 Å². The van der Waals surface area contributed by atoms with E-state index in [4.69, 9.17) is 23.2 Å². The van der Waals surface area contributed by atoms with Crippen molar-refractivity contribution in [3.05, 3.63) is 40.1 Å². The van der Waals surface area contributed by atoms with Gasteiger partial charge in [-0.1, -0.05) is 23.2 Å². The Hall–Kier alpha value is -0.790. The van der Waals surface area contributed by atoms with Crippen molar-refractivity contribution in [2.75, 3.05) is 0 Å². The molecule has 66 valence electrons. The van der Waals surface area contributed by atoms with Crippen LogP contribution < -0.4 is 0 Å². The largest absolute Gasteiger partial charge is 0.244 e. The van der Waals surface area contributed by atoms with Crippen molar-refractivity contribution in [1.82, 2.24) is 4.98 Å². The molecule has 0 aliphatic carbocycles. The summed E-state index contributed by atoms with van der Waals surface area (Å²) in [6.07, 6.45) is 1.68. The first-order valence-electron chi connectivity index (χ1n) is 3.89. The van der Waals surface area contributed by atoms with Crippen molar-refractivity contribution in [3.8, 4) is 0 Å². The predicted molar refractivity (Wildman–Crippen MR) is 56.5 cm³/mol. The van der Waals surface area contributed by atoms with Crippen LogP contribution in [0.5, 0.6) is 0 Å². The Bertz CT molecular complexity index is 466. The molecule has 2 aromatic rings. The van der Waals surface area contributed by atoms with Gasteiger partial charge in [0.2, 0.25) is 0 Å². The summed E-state index contributed by atoms with van der Waals surface area (Å²) in [5.41, 5.74) is 1.06. The molecule has 0 atom stereocenters. The second-order valence-corrected chi connectivity index (χ2v) is 3.72. The minimum absolute atomic E-state index is 0.534. The molecular formula is C10H7Cl2N. The minimum atomic E-state index is 0.534. The lowest BCUT2D eigenvalue weighted by Crippen LogP contribution is -1.83. The van der Waals surface area contributed by atoms with E-state index in [-0.39, 0.29) is 0 Å². The van der Waals surface area contributed by atoms with Gasteiger partial charge in [-0.15, -0.1) is 0 Å². The van der Waals surface area contributed by atoms with Crippen molar-refractivity contribution in [2.24, 2.45) is 0 Å². The number of nitrogens with zero attached hydrogens (tertiary/aromatic N) is 1.